The summed E-state index contributed by atoms with van der Waals surface area (Å²) in [6.07, 6.45) is 2.46. The quantitative estimate of drug-likeness (QED) is 0.739. The Bertz CT molecular complexity index is 863. The first-order valence-corrected chi connectivity index (χ1v) is 9.54. The molecule has 2 N–H and O–H groups in total. The highest BCUT2D eigenvalue weighted by Gasteiger charge is 2.27. The van der Waals surface area contributed by atoms with Crippen LogP contribution in [0.4, 0.5) is 29.7 Å². The number of anilines is 2. The molecule has 3 rings (SSSR count). The molecule has 0 radical (unpaired) electrons. The summed E-state index contributed by atoms with van der Waals surface area (Å²) in [5.74, 6) is -0.874. The Morgan fingerprint density at radius 3 is 2.31 bits per heavy atom. The first-order valence-electron chi connectivity index (χ1n) is 9.54. The highest BCUT2D eigenvalue weighted by atomic mass is 19.1. The Balaban J connectivity index is 1.49. The van der Waals surface area contributed by atoms with Crippen molar-refractivity contribution in [2.24, 2.45) is 0 Å². The van der Waals surface area contributed by atoms with Crippen LogP contribution < -0.4 is 10.6 Å². The largest absolute Gasteiger partial charge is 0.449 e. The molecule has 2 aromatic rings. The van der Waals surface area contributed by atoms with Crippen molar-refractivity contribution in [3.63, 3.8) is 0 Å². The van der Waals surface area contributed by atoms with Gasteiger partial charge in [-0.2, -0.15) is 0 Å². The summed E-state index contributed by atoms with van der Waals surface area (Å²) in [6.45, 7) is 0.705. The molecule has 2 aromatic carbocycles. The fourth-order valence-corrected chi connectivity index (χ4v) is 3.34. The van der Waals surface area contributed by atoms with E-state index < -0.39 is 17.7 Å². The van der Waals surface area contributed by atoms with Crippen LogP contribution in [0.15, 0.2) is 48.5 Å². The molecule has 3 amide bonds. The van der Waals surface area contributed by atoms with Crippen molar-refractivity contribution in [1.29, 1.82) is 0 Å². The van der Waals surface area contributed by atoms with Crippen molar-refractivity contribution in [3.05, 3.63) is 60.2 Å². The molecule has 0 spiro atoms. The van der Waals surface area contributed by atoms with Crippen molar-refractivity contribution < 1.29 is 23.1 Å². The van der Waals surface area contributed by atoms with Gasteiger partial charge in [-0.3, -0.25) is 5.32 Å². The normalized spacial score (nSPS) is 16.2. The van der Waals surface area contributed by atoms with Crippen LogP contribution >= 0.6 is 0 Å². The Hall–Kier alpha value is -3.16. The number of urea groups is 1. The van der Waals surface area contributed by atoms with E-state index in [1.807, 2.05) is 0 Å². The molecule has 1 heterocycles. The highest BCUT2D eigenvalue weighted by Crippen LogP contribution is 2.21. The number of carbonyl (C=O) groups excluding carboxylic acids is 2. The number of amides is 3. The topological polar surface area (TPSA) is 70.7 Å². The third kappa shape index (κ3) is 6.17. The molecule has 0 aromatic heterocycles. The van der Waals surface area contributed by atoms with E-state index in [4.69, 9.17) is 4.74 Å². The molecule has 1 aliphatic heterocycles. The molecule has 154 valence electrons. The van der Waals surface area contributed by atoms with Gasteiger partial charge in [-0.1, -0.05) is 12.1 Å². The maximum absolute atomic E-state index is 13.3. The fourth-order valence-electron chi connectivity index (χ4n) is 3.34. The van der Waals surface area contributed by atoms with Crippen molar-refractivity contribution >= 4 is 23.5 Å². The average molecular weight is 403 g/mol. The minimum absolute atomic E-state index is 0.0840. The minimum Gasteiger partial charge on any atom is -0.449 e. The molecule has 1 aliphatic rings. The van der Waals surface area contributed by atoms with Crippen LogP contribution in [0.25, 0.3) is 0 Å². The maximum atomic E-state index is 13.3. The van der Waals surface area contributed by atoms with E-state index in [1.165, 1.54) is 36.4 Å². The molecular formula is C21H23F2N3O3. The van der Waals surface area contributed by atoms with Gasteiger partial charge in [-0.05, 0) is 55.7 Å². The van der Waals surface area contributed by atoms with Gasteiger partial charge in [-0.25, -0.2) is 18.4 Å². The molecule has 6 nitrogen and oxygen atoms in total. The van der Waals surface area contributed by atoms with Gasteiger partial charge in [0.05, 0.1) is 6.61 Å². The number of nitrogens with one attached hydrogen (secondary N) is 2. The van der Waals surface area contributed by atoms with E-state index >= 15 is 0 Å². The summed E-state index contributed by atoms with van der Waals surface area (Å²) in [7, 11) is 0. The van der Waals surface area contributed by atoms with Crippen LogP contribution in [0.5, 0.6) is 0 Å². The zero-order valence-electron chi connectivity index (χ0n) is 15.9. The van der Waals surface area contributed by atoms with E-state index in [9.17, 15) is 18.4 Å². The van der Waals surface area contributed by atoms with Gasteiger partial charge in [0.1, 0.15) is 11.6 Å². The number of ether oxygens (including phenoxy) is 1. The summed E-state index contributed by atoms with van der Waals surface area (Å²) in [5, 5.41) is 5.17. The SMILES string of the molecule is O=C(Nc1cccc(F)c1)OCC[C@@H]1CCCCN1C(=O)Nc1cccc(F)c1. The molecule has 0 bridgehead atoms. The molecule has 1 atom stereocenters. The highest BCUT2D eigenvalue weighted by molar-refractivity contribution is 5.89. The number of benzene rings is 2. The molecule has 0 saturated carbocycles. The van der Waals surface area contributed by atoms with Crippen molar-refractivity contribution in [2.75, 3.05) is 23.8 Å². The summed E-state index contributed by atoms with van der Waals surface area (Å²) >= 11 is 0. The molecule has 8 heteroatoms. The van der Waals surface area contributed by atoms with Gasteiger partial charge in [0.25, 0.3) is 0 Å². The van der Waals surface area contributed by atoms with Gasteiger partial charge in [0, 0.05) is 30.4 Å². The minimum atomic E-state index is -0.679. The smallest absolute Gasteiger partial charge is 0.411 e. The summed E-state index contributed by atoms with van der Waals surface area (Å²) in [6, 6.07) is 10.9. The first-order chi connectivity index (χ1) is 14.0. The molecule has 29 heavy (non-hydrogen) atoms. The average Bonchev–Trinajstić information content (AvgIpc) is 2.68. The van der Waals surface area contributed by atoms with Gasteiger partial charge in [-0.15, -0.1) is 0 Å². The van der Waals surface area contributed by atoms with Crippen molar-refractivity contribution in [2.45, 2.75) is 31.7 Å². The Kier molecular flexibility index (Phi) is 6.99. The van der Waals surface area contributed by atoms with E-state index in [-0.39, 0.29) is 18.7 Å². The number of carbonyl (C=O) groups is 2. The van der Waals surface area contributed by atoms with Crippen LogP contribution in [0.3, 0.4) is 0 Å². The zero-order chi connectivity index (χ0) is 20.6. The lowest BCUT2D eigenvalue weighted by molar-refractivity contribution is 0.123. The molecular weight excluding hydrogens is 380 g/mol. The van der Waals surface area contributed by atoms with Crippen molar-refractivity contribution in [1.82, 2.24) is 4.90 Å². The monoisotopic (exact) mass is 403 g/mol. The Morgan fingerprint density at radius 1 is 1.00 bits per heavy atom. The van der Waals surface area contributed by atoms with Crippen molar-refractivity contribution in [3.8, 4) is 0 Å². The molecule has 1 fully saturated rings. The van der Waals surface area contributed by atoms with Crippen LogP contribution in [-0.4, -0.2) is 36.2 Å². The number of rotatable bonds is 5. The maximum Gasteiger partial charge on any atom is 0.411 e. The van der Waals surface area contributed by atoms with E-state index in [0.717, 1.165) is 19.3 Å². The zero-order valence-corrected chi connectivity index (χ0v) is 15.9. The van der Waals surface area contributed by atoms with Gasteiger partial charge < -0.3 is 15.0 Å². The fraction of sp³-hybridized carbons (Fsp3) is 0.333. The third-order valence-corrected chi connectivity index (χ3v) is 4.72. The lowest BCUT2D eigenvalue weighted by Crippen LogP contribution is -2.46. The van der Waals surface area contributed by atoms with E-state index in [1.54, 1.807) is 17.0 Å². The second-order valence-electron chi connectivity index (χ2n) is 6.84. The second-order valence-corrected chi connectivity index (χ2v) is 6.84. The number of nitrogens with zero attached hydrogens (tertiary/aromatic N) is 1. The lowest BCUT2D eigenvalue weighted by atomic mass is 10.00. The van der Waals surface area contributed by atoms with Crippen LogP contribution in [0.1, 0.15) is 25.7 Å². The predicted molar refractivity (Wildman–Crippen MR) is 106 cm³/mol. The molecule has 0 unspecified atom stereocenters. The van der Waals surface area contributed by atoms with Gasteiger partial charge in [0.2, 0.25) is 0 Å². The molecule has 0 aliphatic carbocycles. The number of halogens is 2. The van der Waals surface area contributed by atoms with E-state index in [0.29, 0.717) is 24.3 Å². The molecule has 1 saturated heterocycles. The summed E-state index contributed by atoms with van der Waals surface area (Å²) in [5.41, 5.74) is 0.703. The Morgan fingerprint density at radius 2 is 1.66 bits per heavy atom. The van der Waals surface area contributed by atoms with Gasteiger partial charge >= 0.3 is 12.1 Å². The van der Waals surface area contributed by atoms with Gasteiger partial charge in [0.15, 0.2) is 0 Å². The van der Waals surface area contributed by atoms with E-state index in [2.05, 4.69) is 10.6 Å². The number of likely N-dealkylation sites (tertiary alicyclic amines) is 1. The van der Waals surface area contributed by atoms with Crippen LogP contribution in [-0.2, 0) is 4.74 Å². The Labute approximate surface area is 167 Å². The number of piperidine rings is 1. The standard InChI is InChI=1S/C21H23F2N3O3/c22-15-5-3-7-17(13-15)24-20(27)26-11-2-1-9-19(26)10-12-29-21(28)25-18-8-4-6-16(23)14-18/h3-8,13-14,19H,1-2,9-12H2,(H,24,27)(H,25,28)/t19-/m0/s1. The van der Waals surface area contributed by atoms with Crippen LogP contribution in [0.2, 0.25) is 0 Å². The first kappa shape index (κ1) is 20.6. The van der Waals surface area contributed by atoms with Crippen LogP contribution in [0, 0.1) is 11.6 Å². The lowest BCUT2D eigenvalue weighted by Gasteiger charge is -2.35. The third-order valence-electron chi connectivity index (χ3n) is 4.72. The predicted octanol–water partition coefficient (Wildman–Crippen LogP) is 4.99. The summed E-state index contributed by atoms with van der Waals surface area (Å²) in [4.78, 5) is 26.2. The summed E-state index contributed by atoms with van der Waals surface area (Å²) < 4.78 is 31.6. The number of hydrogen-bond acceptors (Lipinski definition) is 3. The number of hydrogen-bond donors (Lipinski definition) is 2. The second kappa shape index (κ2) is 9.86.